The van der Waals surface area contributed by atoms with Gasteiger partial charge in [-0.1, -0.05) is 23.7 Å². The number of aryl methyl sites for hydroxylation is 1. The van der Waals surface area contributed by atoms with Gasteiger partial charge in [0, 0.05) is 0 Å². The normalized spacial score (nSPS) is 16.8. The quantitative estimate of drug-likeness (QED) is 0.927. The van der Waals surface area contributed by atoms with Gasteiger partial charge in [0.2, 0.25) is 5.91 Å². The Bertz CT molecular complexity index is 425. The van der Waals surface area contributed by atoms with Crippen molar-refractivity contribution >= 4 is 35.6 Å². The van der Waals surface area contributed by atoms with Crippen LogP contribution in [0.2, 0.25) is 5.02 Å². The summed E-state index contributed by atoms with van der Waals surface area (Å²) in [6.45, 7) is 5.92. The second-order valence-corrected chi connectivity index (χ2v) is 5.25. The molecule has 1 aromatic carbocycles. The van der Waals surface area contributed by atoms with Crippen LogP contribution in [0.15, 0.2) is 18.2 Å². The van der Waals surface area contributed by atoms with Crippen LogP contribution in [-0.4, -0.2) is 29.9 Å². The molecule has 1 heterocycles. The standard InChI is InChI=1S/C14H19ClN2O.ClH/c1-10-6-5-7-12(15)13(10)16-14(18)11(2)17-8-3-4-9-17;/h5-7,11H,3-4,8-9H2,1-2H3,(H,16,18);1H. The van der Waals surface area contributed by atoms with Crippen LogP contribution in [0.1, 0.15) is 25.3 Å². The number of rotatable bonds is 3. The SMILES string of the molecule is Cc1cccc(Cl)c1NC(=O)C(C)N1CCCC1.Cl. The van der Waals surface area contributed by atoms with E-state index in [0.717, 1.165) is 24.3 Å². The van der Waals surface area contributed by atoms with E-state index in [1.807, 2.05) is 26.0 Å². The Labute approximate surface area is 125 Å². The molecule has 1 fully saturated rings. The molecule has 106 valence electrons. The van der Waals surface area contributed by atoms with Gasteiger partial charge in [0.05, 0.1) is 16.8 Å². The molecule has 3 nitrogen and oxygen atoms in total. The number of para-hydroxylation sites is 1. The number of likely N-dealkylation sites (tertiary alicyclic amines) is 1. The molecule has 1 atom stereocenters. The van der Waals surface area contributed by atoms with Crippen LogP contribution < -0.4 is 5.32 Å². The Hall–Kier alpha value is -0.770. The van der Waals surface area contributed by atoms with Gasteiger partial charge in [-0.25, -0.2) is 0 Å². The monoisotopic (exact) mass is 302 g/mol. The smallest absolute Gasteiger partial charge is 0.241 e. The number of amides is 1. The summed E-state index contributed by atoms with van der Waals surface area (Å²) in [6.07, 6.45) is 2.37. The van der Waals surface area contributed by atoms with Gasteiger partial charge in [0.25, 0.3) is 0 Å². The number of benzene rings is 1. The van der Waals surface area contributed by atoms with E-state index in [4.69, 9.17) is 11.6 Å². The highest BCUT2D eigenvalue weighted by atomic mass is 35.5. The molecule has 5 heteroatoms. The van der Waals surface area contributed by atoms with Gasteiger partial charge >= 0.3 is 0 Å². The molecule has 19 heavy (non-hydrogen) atoms. The third-order valence-electron chi connectivity index (χ3n) is 3.54. The van der Waals surface area contributed by atoms with Crippen molar-refractivity contribution in [1.29, 1.82) is 0 Å². The second kappa shape index (κ2) is 7.13. The zero-order valence-corrected chi connectivity index (χ0v) is 12.9. The lowest BCUT2D eigenvalue weighted by Crippen LogP contribution is -2.40. The van der Waals surface area contributed by atoms with Crippen molar-refractivity contribution in [2.75, 3.05) is 18.4 Å². The lowest BCUT2D eigenvalue weighted by atomic mass is 10.2. The molecule has 0 spiro atoms. The minimum atomic E-state index is -0.0943. The highest BCUT2D eigenvalue weighted by Gasteiger charge is 2.24. The molecule has 1 aromatic rings. The van der Waals surface area contributed by atoms with Gasteiger partial charge in [-0.05, 0) is 51.4 Å². The molecule has 1 saturated heterocycles. The van der Waals surface area contributed by atoms with Crippen LogP contribution in [-0.2, 0) is 4.79 Å². The van der Waals surface area contributed by atoms with Crippen LogP contribution in [0.4, 0.5) is 5.69 Å². The van der Waals surface area contributed by atoms with Crippen molar-refractivity contribution < 1.29 is 4.79 Å². The zero-order valence-electron chi connectivity index (χ0n) is 11.3. The first-order chi connectivity index (χ1) is 8.59. The fourth-order valence-corrected chi connectivity index (χ4v) is 2.58. The highest BCUT2D eigenvalue weighted by Crippen LogP contribution is 2.25. The van der Waals surface area contributed by atoms with Crippen molar-refractivity contribution in [3.05, 3.63) is 28.8 Å². The predicted molar refractivity (Wildman–Crippen MR) is 82.3 cm³/mol. The van der Waals surface area contributed by atoms with Crippen LogP contribution in [0.3, 0.4) is 0 Å². The Kier molecular flexibility index (Phi) is 6.11. The lowest BCUT2D eigenvalue weighted by Gasteiger charge is -2.23. The molecule has 1 amide bonds. The number of anilines is 1. The molecule has 0 aromatic heterocycles. The fraction of sp³-hybridized carbons (Fsp3) is 0.500. The Morgan fingerprint density at radius 1 is 1.37 bits per heavy atom. The summed E-state index contributed by atoms with van der Waals surface area (Å²) in [5, 5.41) is 3.54. The van der Waals surface area contributed by atoms with E-state index in [2.05, 4.69) is 10.2 Å². The summed E-state index contributed by atoms with van der Waals surface area (Å²) in [4.78, 5) is 14.4. The van der Waals surface area contributed by atoms with Crippen molar-refractivity contribution in [2.24, 2.45) is 0 Å². The number of nitrogens with zero attached hydrogens (tertiary/aromatic N) is 1. The minimum absolute atomic E-state index is 0. The molecule has 1 N–H and O–H groups in total. The summed E-state index contributed by atoms with van der Waals surface area (Å²) < 4.78 is 0. The Morgan fingerprint density at radius 2 is 2.00 bits per heavy atom. The molecular weight excluding hydrogens is 283 g/mol. The van der Waals surface area contributed by atoms with Crippen LogP contribution in [0, 0.1) is 6.92 Å². The maximum absolute atomic E-state index is 12.2. The van der Waals surface area contributed by atoms with Gasteiger partial charge in [-0.3, -0.25) is 9.69 Å². The first-order valence-electron chi connectivity index (χ1n) is 6.39. The van der Waals surface area contributed by atoms with E-state index >= 15 is 0 Å². The summed E-state index contributed by atoms with van der Waals surface area (Å²) in [7, 11) is 0. The third-order valence-corrected chi connectivity index (χ3v) is 3.85. The van der Waals surface area contributed by atoms with E-state index in [1.54, 1.807) is 6.07 Å². The van der Waals surface area contributed by atoms with E-state index in [9.17, 15) is 4.79 Å². The molecule has 2 rings (SSSR count). The maximum atomic E-state index is 12.2. The molecule has 0 bridgehead atoms. The van der Waals surface area contributed by atoms with Gasteiger partial charge in [-0.15, -0.1) is 12.4 Å². The predicted octanol–water partition coefficient (Wildman–Crippen LogP) is 3.49. The fourth-order valence-electron chi connectivity index (χ4n) is 2.31. The topological polar surface area (TPSA) is 32.3 Å². The van der Waals surface area contributed by atoms with Crippen molar-refractivity contribution in [3.63, 3.8) is 0 Å². The average molecular weight is 303 g/mol. The number of nitrogens with one attached hydrogen (secondary N) is 1. The average Bonchev–Trinajstić information content (AvgIpc) is 2.86. The summed E-state index contributed by atoms with van der Waals surface area (Å²) in [5.74, 6) is 0.0214. The molecule has 1 aliphatic rings. The number of halogens is 2. The highest BCUT2D eigenvalue weighted by molar-refractivity contribution is 6.34. The van der Waals surface area contributed by atoms with Gasteiger partial charge in [0.1, 0.15) is 0 Å². The van der Waals surface area contributed by atoms with Gasteiger partial charge in [0.15, 0.2) is 0 Å². The van der Waals surface area contributed by atoms with E-state index in [0.29, 0.717) is 5.02 Å². The first-order valence-corrected chi connectivity index (χ1v) is 6.77. The zero-order chi connectivity index (χ0) is 13.1. The summed E-state index contributed by atoms with van der Waals surface area (Å²) >= 11 is 6.11. The molecule has 1 aliphatic heterocycles. The Balaban J connectivity index is 0.00000180. The molecular formula is C14H20Cl2N2O. The van der Waals surface area contributed by atoms with E-state index in [-0.39, 0.29) is 24.4 Å². The molecule has 0 aliphatic carbocycles. The van der Waals surface area contributed by atoms with E-state index in [1.165, 1.54) is 12.8 Å². The lowest BCUT2D eigenvalue weighted by molar-refractivity contribution is -0.120. The molecule has 0 radical (unpaired) electrons. The minimum Gasteiger partial charge on any atom is -0.323 e. The second-order valence-electron chi connectivity index (χ2n) is 4.84. The van der Waals surface area contributed by atoms with Gasteiger partial charge < -0.3 is 5.32 Å². The largest absolute Gasteiger partial charge is 0.323 e. The number of carbonyl (C=O) groups is 1. The number of hydrogen-bond donors (Lipinski definition) is 1. The van der Waals surface area contributed by atoms with E-state index < -0.39 is 0 Å². The summed E-state index contributed by atoms with van der Waals surface area (Å²) in [6, 6.07) is 5.53. The van der Waals surface area contributed by atoms with Crippen molar-refractivity contribution in [1.82, 2.24) is 4.90 Å². The Morgan fingerprint density at radius 3 is 2.58 bits per heavy atom. The van der Waals surface area contributed by atoms with Crippen LogP contribution in [0.25, 0.3) is 0 Å². The number of carbonyl (C=O) groups excluding carboxylic acids is 1. The number of hydrogen-bond acceptors (Lipinski definition) is 2. The van der Waals surface area contributed by atoms with Crippen LogP contribution in [0.5, 0.6) is 0 Å². The third kappa shape index (κ3) is 3.85. The first kappa shape index (κ1) is 16.3. The summed E-state index contributed by atoms with van der Waals surface area (Å²) in [5.41, 5.74) is 1.72. The van der Waals surface area contributed by atoms with Crippen LogP contribution >= 0.6 is 24.0 Å². The van der Waals surface area contributed by atoms with Gasteiger partial charge in [-0.2, -0.15) is 0 Å². The van der Waals surface area contributed by atoms with Crippen molar-refractivity contribution in [3.8, 4) is 0 Å². The molecule has 1 unspecified atom stereocenters. The van der Waals surface area contributed by atoms with Crippen molar-refractivity contribution in [2.45, 2.75) is 32.7 Å². The maximum Gasteiger partial charge on any atom is 0.241 e. The molecule has 0 saturated carbocycles.